The summed E-state index contributed by atoms with van der Waals surface area (Å²) < 4.78 is 0. The first-order valence-electron chi connectivity index (χ1n) is 5.52. The Kier molecular flexibility index (Phi) is 2.46. The summed E-state index contributed by atoms with van der Waals surface area (Å²) in [5.74, 6) is 3.14. The molecule has 0 radical (unpaired) electrons. The Morgan fingerprint density at radius 2 is 2.00 bits per heavy atom. The summed E-state index contributed by atoms with van der Waals surface area (Å²) in [6.07, 6.45) is 5.65. The highest BCUT2D eigenvalue weighted by Crippen LogP contribution is 2.55. The summed E-state index contributed by atoms with van der Waals surface area (Å²) in [6.45, 7) is 6.14. The van der Waals surface area contributed by atoms with Crippen molar-refractivity contribution in [2.75, 3.05) is 7.05 Å². The average Bonchev–Trinajstić information content (AvgIpc) is 2.69. The molecular formula is C12H21N. The molecule has 0 bridgehead atoms. The predicted molar refractivity (Wildman–Crippen MR) is 56.6 cm³/mol. The maximum absolute atomic E-state index is 4.00. The van der Waals surface area contributed by atoms with Crippen molar-refractivity contribution in [2.45, 2.75) is 38.6 Å². The van der Waals surface area contributed by atoms with Gasteiger partial charge in [0.15, 0.2) is 0 Å². The Labute approximate surface area is 81.6 Å². The zero-order valence-corrected chi connectivity index (χ0v) is 8.84. The lowest BCUT2D eigenvalue weighted by molar-refractivity contribution is 0.349. The van der Waals surface area contributed by atoms with Crippen molar-refractivity contribution in [1.29, 1.82) is 0 Å². The monoisotopic (exact) mass is 179 g/mol. The third kappa shape index (κ3) is 1.96. The van der Waals surface area contributed by atoms with Crippen LogP contribution in [0.2, 0.25) is 0 Å². The molecule has 0 aromatic rings. The Balaban J connectivity index is 1.85. The molecule has 0 spiro atoms. The second kappa shape index (κ2) is 3.45. The first-order chi connectivity index (χ1) is 6.20. The van der Waals surface area contributed by atoms with Crippen LogP contribution in [0, 0.1) is 17.8 Å². The van der Waals surface area contributed by atoms with Crippen molar-refractivity contribution in [3.63, 3.8) is 0 Å². The molecule has 2 fully saturated rings. The Morgan fingerprint density at radius 3 is 2.46 bits per heavy atom. The highest BCUT2D eigenvalue weighted by atomic mass is 14.9. The Bertz CT molecular complexity index is 199. The first kappa shape index (κ1) is 9.26. The Morgan fingerprint density at radius 1 is 1.38 bits per heavy atom. The van der Waals surface area contributed by atoms with E-state index in [1.807, 2.05) is 0 Å². The zero-order valence-electron chi connectivity index (χ0n) is 8.84. The van der Waals surface area contributed by atoms with Crippen LogP contribution in [0.3, 0.4) is 0 Å². The van der Waals surface area contributed by atoms with Crippen molar-refractivity contribution in [3.05, 3.63) is 12.2 Å². The van der Waals surface area contributed by atoms with Crippen LogP contribution >= 0.6 is 0 Å². The molecule has 0 heterocycles. The van der Waals surface area contributed by atoms with Gasteiger partial charge >= 0.3 is 0 Å². The average molecular weight is 179 g/mol. The third-order valence-corrected chi connectivity index (χ3v) is 3.79. The van der Waals surface area contributed by atoms with Gasteiger partial charge in [-0.25, -0.2) is 0 Å². The molecule has 0 amide bonds. The molecule has 0 aromatic heterocycles. The van der Waals surface area contributed by atoms with Gasteiger partial charge in [-0.15, -0.1) is 6.58 Å². The molecular weight excluding hydrogens is 158 g/mol. The van der Waals surface area contributed by atoms with Gasteiger partial charge in [0.05, 0.1) is 0 Å². The summed E-state index contributed by atoms with van der Waals surface area (Å²) in [6, 6.07) is 0.699. The molecule has 0 aliphatic heterocycles. The van der Waals surface area contributed by atoms with Crippen molar-refractivity contribution in [3.8, 4) is 0 Å². The van der Waals surface area contributed by atoms with Crippen molar-refractivity contribution in [1.82, 2.24) is 5.32 Å². The number of rotatable bonds is 4. The lowest BCUT2D eigenvalue weighted by Gasteiger charge is -2.24. The van der Waals surface area contributed by atoms with Gasteiger partial charge in [-0.3, -0.25) is 0 Å². The van der Waals surface area contributed by atoms with E-state index in [1.165, 1.54) is 31.3 Å². The number of hydrogen-bond donors (Lipinski definition) is 1. The van der Waals surface area contributed by atoms with E-state index in [2.05, 4.69) is 25.9 Å². The van der Waals surface area contributed by atoms with Crippen LogP contribution in [0.15, 0.2) is 12.2 Å². The SMILES string of the molecule is C=C(C)CC(NC)C1CC2CC2C1. The van der Waals surface area contributed by atoms with Crippen molar-refractivity contribution < 1.29 is 0 Å². The smallest absolute Gasteiger partial charge is 0.0129 e. The van der Waals surface area contributed by atoms with E-state index in [1.54, 1.807) is 0 Å². The number of nitrogens with one attached hydrogen (secondary N) is 1. The van der Waals surface area contributed by atoms with E-state index in [0.29, 0.717) is 6.04 Å². The van der Waals surface area contributed by atoms with Crippen LogP contribution in [-0.2, 0) is 0 Å². The van der Waals surface area contributed by atoms with Crippen LogP contribution in [0.1, 0.15) is 32.6 Å². The minimum atomic E-state index is 0.699. The lowest BCUT2D eigenvalue weighted by atomic mass is 9.90. The lowest BCUT2D eigenvalue weighted by Crippen LogP contribution is -2.33. The highest BCUT2D eigenvalue weighted by Gasteiger charge is 2.47. The number of hydrogen-bond acceptors (Lipinski definition) is 1. The maximum atomic E-state index is 4.00. The van der Waals surface area contributed by atoms with Gasteiger partial charge in [0.25, 0.3) is 0 Å². The van der Waals surface area contributed by atoms with Gasteiger partial charge in [-0.2, -0.15) is 0 Å². The van der Waals surface area contributed by atoms with Crippen LogP contribution in [0.4, 0.5) is 0 Å². The van der Waals surface area contributed by atoms with Crippen LogP contribution in [0.25, 0.3) is 0 Å². The van der Waals surface area contributed by atoms with Gasteiger partial charge in [-0.05, 0) is 57.4 Å². The quantitative estimate of drug-likeness (QED) is 0.654. The van der Waals surface area contributed by atoms with Gasteiger partial charge in [-0.1, -0.05) is 5.57 Å². The number of fused-ring (bicyclic) bond motifs is 1. The normalized spacial score (nSPS) is 38.5. The molecule has 13 heavy (non-hydrogen) atoms. The molecule has 0 aromatic carbocycles. The van der Waals surface area contributed by atoms with Crippen molar-refractivity contribution >= 4 is 0 Å². The third-order valence-electron chi connectivity index (χ3n) is 3.79. The molecule has 3 unspecified atom stereocenters. The molecule has 1 heteroatoms. The van der Waals surface area contributed by atoms with Gasteiger partial charge < -0.3 is 5.32 Å². The van der Waals surface area contributed by atoms with Crippen LogP contribution < -0.4 is 5.32 Å². The zero-order chi connectivity index (χ0) is 9.42. The second-order valence-electron chi connectivity index (χ2n) is 5.04. The minimum Gasteiger partial charge on any atom is -0.316 e. The van der Waals surface area contributed by atoms with Crippen molar-refractivity contribution in [2.24, 2.45) is 17.8 Å². The standard InChI is InChI=1S/C12H21N/c1-8(2)4-12(13-3)11-6-9-5-10(9)7-11/h9-13H,1,4-7H2,2-3H3. The summed E-state index contributed by atoms with van der Waals surface area (Å²) in [7, 11) is 2.09. The molecule has 3 atom stereocenters. The maximum Gasteiger partial charge on any atom is 0.0129 e. The highest BCUT2D eigenvalue weighted by molar-refractivity contribution is 5.02. The summed E-state index contributed by atoms with van der Waals surface area (Å²) in [5, 5.41) is 3.46. The van der Waals surface area contributed by atoms with E-state index >= 15 is 0 Å². The molecule has 1 nitrogen and oxygen atoms in total. The van der Waals surface area contributed by atoms with Crippen LogP contribution in [0.5, 0.6) is 0 Å². The first-order valence-corrected chi connectivity index (χ1v) is 5.52. The molecule has 2 aliphatic rings. The van der Waals surface area contributed by atoms with Gasteiger partial charge in [0.1, 0.15) is 0 Å². The largest absolute Gasteiger partial charge is 0.316 e. The van der Waals surface area contributed by atoms with E-state index < -0.39 is 0 Å². The fraction of sp³-hybridized carbons (Fsp3) is 0.833. The summed E-state index contributed by atoms with van der Waals surface area (Å²) in [5.41, 5.74) is 1.32. The van der Waals surface area contributed by atoms with E-state index in [4.69, 9.17) is 0 Å². The summed E-state index contributed by atoms with van der Waals surface area (Å²) in [4.78, 5) is 0. The molecule has 2 aliphatic carbocycles. The fourth-order valence-electron chi connectivity index (χ4n) is 2.97. The van der Waals surface area contributed by atoms with Gasteiger partial charge in [0, 0.05) is 6.04 Å². The van der Waals surface area contributed by atoms with Crippen LogP contribution in [-0.4, -0.2) is 13.1 Å². The second-order valence-corrected chi connectivity index (χ2v) is 5.04. The predicted octanol–water partition coefficient (Wildman–Crippen LogP) is 2.59. The molecule has 74 valence electrons. The fourth-order valence-corrected chi connectivity index (χ4v) is 2.97. The Hall–Kier alpha value is -0.300. The van der Waals surface area contributed by atoms with E-state index in [-0.39, 0.29) is 0 Å². The minimum absolute atomic E-state index is 0.699. The van der Waals surface area contributed by atoms with E-state index in [0.717, 1.165) is 17.8 Å². The topological polar surface area (TPSA) is 12.0 Å². The van der Waals surface area contributed by atoms with Gasteiger partial charge in [0.2, 0.25) is 0 Å². The molecule has 2 rings (SSSR count). The molecule has 2 saturated carbocycles. The molecule has 0 saturated heterocycles. The van der Waals surface area contributed by atoms with E-state index in [9.17, 15) is 0 Å². The summed E-state index contributed by atoms with van der Waals surface area (Å²) >= 11 is 0. The molecule has 1 N–H and O–H groups in total.